The van der Waals surface area contributed by atoms with Crippen LogP contribution in [0.4, 0.5) is 5.69 Å². The highest BCUT2D eigenvalue weighted by atomic mass is 15.1. The van der Waals surface area contributed by atoms with E-state index >= 15 is 0 Å². The molecule has 0 aliphatic rings. The molecule has 0 bridgehead atoms. The van der Waals surface area contributed by atoms with Gasteiger partial charge in [-0.2, -0.15) is 0 Å². The number of rotatable bonds is 6. The standard InChI is InChI=1S/C19H26N2/c1-5-20-16(3)18-11-6-7-12-19(18)21(4)14-17-10-8-9-15(2)13-17/h6-13,16,20H,5,14H2,1-4H3. The molecule has 112 valence electrons. The zero-order chi connectivity index (χ0) is 15.2. The Morgan fingerprint density at radius 2 is 1.86 bits per heavy atom. The third-order valence-electron chi connectivity index (χ3n) is 3.83. The SMILES string of the molecule is CCNC(C)c1ccccc1N(C)Cc1cccc(C)c1. The predicted molar refractivity (Wildman–Crippen MR) is 91.8 cm³/mol. The van der Waals surface area contributed by atoms with Gasteiger partial charge in [0.1, 0.15) is 0 Å². The first-order chi connectivity index (χ1) is 10.1. The third-order valence-corrected chi connectivity index (χ3v) is 3.83. The van der Waals surface area contributed by atoms with E-state index < -0.39 is 0 Å². The summed E-state index contributed by atoms with van der Waals surface area (Å²) < 4.78 is 0. The Bertz CT molecular complexity index is 577. The first kappa shape index (κ1) is 15.6. The number of benzene rings is 2. The predicted octanol–water partition coefficient (Wildman–Crippen LogP) is 4.30. The van der Waals surface area contributed by atoms with Gasteiger partial charge in [0.25, 0.3) is 0 Å². The number of para-hydroxylation sites is 1. The Morgan fingerprint density at radius 3 is 2.57 bits per heavy atom. The van der Waals surface area contributed by atoms with Gasteiger partial charge in [0.15, 0.2) is 0 Å². The molecule has 1 atom stereocenters. The van der Waals surface area contributed by atoms with E-state index in [9.17, 15) is 0 Å². The molecule has 0 radical (unpaired) electrons. The molecule has 1 N–H and O–H groups in total. The maximum atomic E-state index is 3.50. The summed E-state index contributed by atoms with van der Waals surface area (Å²) in [4.78, 5) is 2.33. The van der Waals surface area contributed by atoms with Crippen molar-refractivity contribution in [3.8, 4) is 0 Å². The van der Waals surface area contributed by atoms with E-state index in [0.29, 0.717) is 6.04 Å². The summed E-state index contributed by atoms with van der Waals surface area (Å²) in [6.07, 6.45) is 0. The Labute approximate surface area is 128 Å². The van der Waals surface area contributed by atoms with Crippen molar-refractivity contribution in [1.82, 2.24) is 5.32 Å². The third kappa shape index (κ3) is 4.08. The number of hydrogen-bond donors (Lipinski definition) is 1. The van der Waals surface area contributed by atoms with Crippen LogP contribution >= 0.6 is 0 Å². The molecule has 2 aromatic rings. The normalized spacial score (nSPS) is 12.2. The summed E-state index contributed by atoms with van der Waals surface area (Å²) in [5.41, 5.74) is 5.32. The summed E-state index contributed by atoms with van der Waals surface area (Å²) in [6.45, 7) is 8.43. The van der Waals surface area contributed by atoms with Gasteiger partial charge >= 0.3 is 0 Å². The van der Waals surface area contributed by atoms with Gasteiger partial charge in [-0.15, -0.1) is 0 Å². The van der Waals surface area contributed by atoms with Crippen LogP contribution in [0.15, 0.2) is 48.5 Å². The molecule has 2 nitrogen and oxygen atoms in total. The first-order valence-corrected chi connectivity index (χ1v) is 7.70. The molecule has 2 aromatic carbocycles. The Hall–Kier alpha value is -1.80. The van der Waals surface area contributed by atoms with Crippen LogP contribution in [0.5, 0.6) is 0 Å². The van der Waals surface area contributed by atoms with E-state index in [1.54, 1.807) is 0 Å². The molecule has 0 aliphatic heterocycles. The lowest BCUT2D eigenvalue weighted by atomic mass is 10.0. The molecule has 0 aromatic heterocycles. The highest BCUT2D eigenvalue weighted by Gasteiger charge is 2.12. The Balaban J connectivity index is 2.21. The highest BCUT2D eigenvalue weighted by molar-refractivity contribution is 5.54. The quantitative estimate of drug-likeness (QED) is 0.849. The Morgan fingerprint density at radius 1 is 1.10 bits per heavy atom. The molecular formula is C19H26N2. The van der Waals surface area contributed by atoms with Crippen molar-refractivity contribution in [2.45, 2.75) is 33.4 Å². The average molecular weight is 282 g/mol. The van der Waals surface area contributed by atoms with Crippen LogP contribution < -0.4 is 10.2 Å². The second-order valence-electron chi connectivity index (χ2n) is 5.68. The number of anilines is 1. The van der Waals surface area contributed by atoms with E-state index in [-0.39, 0.29) is 0 Å². The van der Waals surface area contributed by atoms with E-state index in [2.05, 4.69) is 86.6 Å². The van der Waals surface area contributed by atoms with Crippen LogP contribution in [0.2, 0.25) is 0 Å². The molecular weight excluding hydrogens is 256 g/mol. The summed E-state index contributed by atoms with van der Waals surface area (Å²) in [6, 6.07) is 17.8. The van der Waals surface area contributed by atoms with E-state index in [1.807, 2.05) is 0 Å². The van der Waals surface area contributed by atoms with Crippen molar-refractivity contribution in [3.05, 3.63) is 65.2 Å². The lowest BCUT2D eigenvalue weighted by Gasteiger charge is -2.25. The first-order valence-electron chi connectivity index (χ1n) is 7.70. The minimum absolute atomic E-state index is 0.367. The van der Waals surface area contributed by atoms with E-state index in [4.69, 9.17) is 0 Å². The fourth-order valence-electron chi connectivity index (χ4n) is 2.79. The van der Waals surface area contributed by atoms with Crippen LogP contribution in [0, 0.1) is 6.92 Å². The van der Waals surface area contributed by atoms with E-state index in [0.717, 1.165) is 13.1 Å². The van der Waals surface area contributed by atoms with Crippen molar-refractivity contribution >= 4 is 5.69 Å². The number of aryl methyl sites for hydroxylation is 1. The second-order valence-corrected chi connectivity index (χ2v) is 5.68. The lowest BCUT2D eigenvalue weighted by molar-refractivity contribution is 0.597. The number of nitrogens with one attached hydrogen (secondary N) is 1. The van der Waals surface area contributed by atoms with Gasteiger partial charge in [-0.05, 0) is 37.6 Å². The van der Waals surface area contributed by atoms with Crippen molar-refractivity contribution in [2.75, 3.05) is 18.5 Å². The van der Waals surface area contributed by atoms with Crippen molar-refractivity contribution in [1.29, 1.82) is 0 Å². The average Bonchev–Trinajstić information content (AvgIpc) is 2.47. The summed E-state index contributed by atoms with van der Waals surface area (Å²) >= 11 is 0. The van der Waals surface area contributed by atoms with Gasteiger partial charge in [0.2, 0.25) is 0 Å². The summed E-state index contributed by atoms with van der Waals surface area (Å²) in [7, 11) is 2.17. The molecule has 1 unspecified atom stereocenters. The van der Waals surface area contributed by atoms with Gasteiger partial charge in [0, 0.05) is 25.3 Å². The number of nitrogens with zero attached hydrogens (tertiary/aromatic N) is 1. The molecule has 2 rings (SSSR count). The van der Waals surface area contributed by atoms with Crippen LogP contribution in [0.25, 0.3) is 0 Å². The van der Waals surface area contributed by atoms with Gasteiger partial charge in [-0.3, -0.25) is 0 Å². The molecule has 21 heavy (non-hydrogen) atoms. The fraction of sp³-hybridized carbons (Fsp3) is 0.368. The molecule has 2 heteroatoms. The van der Waals surface area contributed by atoms with Gasteiger partial charge in [-0.1, -0.05) is 55.0 Å². The number of hydrogen-bond acceptors (Lipinski definition) is 2. The molecule has 0 saturated carbocycles. The highest BCUT2D eigenvalue weighted by Crippen LogP contribution is 2.26. The van der Waals surface area contributed by atoms with Crippen LogP contribution in [-0.4, -0.2) is 13.6 Å². The van der Waals surface area contributed by atoms with Gasteiger partial charge in [-0.25, -0.2) is 0 Å². The largest absolute Gasteiger partial charge is 0.370 e. The maximum Gasteiger partial charge on any atom is 0.0426 e. The Kier molecular flexibility index (Phi) is 5.40. The maximum absolute atomic E-state index is 3.50. The van der Waals surface area contributed by atoms with Crippen LogP contribution in [0.1, 0.15) is 36.6 Å². The van der Waals surface area contributed by atoms with Crippen LogP contribution in [0.3, 0.4) is 0 Å². The lowest BCUT2D eigenvalue weighted by Crippen LogP contribution is -2.23. The zero-order valence-corrected chi connectivity index (χ0v) is 13.6. The van der Waals surface area contributed by atoms with Gasteiger partial charge in [0.05, 0.1) is 0 Å². The molecule has 0 fully saturated rings. The molecule has 0 heterocycles. The van der Waals surface area contributed by atoms with Gasteiger partial charge < -0.3 is 10.2 Å². The topological polar surface area (TPSA) is 15.3 Å². The minimum atomic E-state index is 0.367. The summed E-state index contributed by atoms with van der Waals surface area (Å²) in [5, 5.41) is 3.50. The molecule has 0 amide bonds. The monoisotopic (exact) mass is 282 g/mol. The van der Waals surface area contributed by atoms with E-state index in [1.165, 1.54) is 22.4 Å². The zero-order valence-electron chi connectivity index (χ0n) is 13.6. The van der Waals surface area contributed by atoms with Crippen LogP contribution in [-0.2, 0) is 6.54 Å². The molecule has 0 saturated heterocycles. The van der Waals surface area contributed by atoms with Crippen molar-refractivity contribution in [2.24, 2.45) is 0 Å². The summed E-state index contributed by atoms with van der Waals surface area (Å²) in [5.74, 6) is 0. The van der Waals surface area contributed by atoms with Crippen molar-refractivity contribution in [3.63, 3.8) is 0 Å². The van der Waals surface area contributed by atoms with Crippen molar-refractivity contribution < 1.29 is 0 Å². The smallest absolute Gasteiger partial charge is 0.0426 e. The molecule has 0 spiro atoms. The second kappa shape index (κ2) is 7.28. The minimum Gasteiger partial charge on any atom is -0.370 e. The fourth-order valence-corrected chi connectivity index (χ4v) is 2.79. The molecule has 0 aliphatic carbocycles.